The maximum absolute atomic E-state index is 13.9. The Morgan fingerprint density at radius 1 is 0.946 bits per heavy atom. The van der Waals surface area contributed by atoms with E-state index < -0.39 is 29.4 Å². The highest BCUT2D eigenvalue weighted by Gasteiger charge is 2.48. The summed E-state index contributed by atoms with van der Waals surface area (Å²) in [5.74, 6) is -4.14. The summed E-state index contributed by atoms with van der Waals surface area (Å²) < 4.78 is 28.1. The minimum atomic E-state index is -1.06. The molecule has 1 unspecified atom stereocenters. The molecule has 2 heterocycles. The zero-order valence-electron chi connectivity index (χ0n) is 19.4. The van der Waals surface area contributed by atoms with Gasteiger partial charge in [-0.3, -0.25) is 14.5 Å². The van der Waals surface area contributed by atoms with Crippen LogP contribution in [0.2, 0.25) is 0 Å². The summed E-state index contributed by atoms with van der Waals surface area (Å²) in [4.78, 5) is 32.5. The molecule has 0 bridgehead atoms. The number of hydrogen-bond donors (Lipinski definition) is 1. The molecule has 0 spiro atoms. The molecule has 1 N–H and O–H groups in total. The molecular weight excluding hydrogens is 494 g/mol. The molecule has 0 saturated carbocycles. The quantitative estimate of drug-likeness (QED) is 0.167. The van der Waals surface area contributed by atoms with Gasteiger partial charge in [-0.1, -0.05) is 83.6 Å². The van der Waals surface area contributed by atoms with E-state index >= 15 is 0 Å². The number of anilines is 1. The lowest BCUT2D eigenvalue weighted by atomic mass is 9.93. The highest BCUT2D eigenvalue weighted by atomic mass is 32.1. The minimum absolute atomic E-state index is 0.0800. The van der Waals surface area contributed by atoms with E-state index in [-0.39, 0.29) is 22.0 Å². The monoisotopic (exact) mass is 512 g/mol. The second-order valence-electron chi connectivity index (χ2n) is 8.84. The fourth-order valence-electron chi connectivity index (χ4n) is 4.78. The van der Waals surface area contributed by atoms with Gasteiger partial charge in [0.25, 0.3) is 5.78 Å². The molecule has 0 radical (unpaired) electrons. The van der Waals surface area contributed by atoms with Crippen LogP contribution >= 0.6 is 11.3 Å². The Kier molecular flexibility index (Phi) is 5.35. The van der Waals surface area contributed by atoms with Gasteiger partial charge in [0.1, 0.15) is 5.76 Å². The van der Waals surface area contributed by atoms with Crippen molar-refractivity contribution in [3.63, 3.8) is 0 Å². The second-order valence-corrected chi connectivity index (χ2v) is 9.85. The van der Waals surface area contributed by atoms with Crippen molar-refractivity contribution in [1.82, 2.24) is 4.98 Å². The first-order valence-electron chi connectivity index (χ1n) is 11.4. The summed E-state index contributed by atoms with van der Waals surface area (Å²) >= 11 is 0.969. The maximum atomic E-state index is 13.9. The van der Waals surface area contributed by atoms with Gasteiger partial charge >= 0.3 is 5.91 Å². The van der Waals surface area contributed by atoms with Gasteiger partial charge in [-0.05, 0) is 29.3 Å². The van der Waals surface area contributed by atoms with Crippen LogP contribution in [0.5, 0.6) is 0 Å². The summed E-state index contributed by atoms with van der Waals surface area (Å²) in [7, 11) is 0. The van der Waals surface area contributed by atoms with Crippen molar-refractivity contribution >= 4 is 54.9 Å². The van der Waals surface area contributed by atoms with E-state index in [0.29, 0.717) is 15.8 Å². The zero-order valence-corrected chi connectivity index (χ0v) is 20.2. The van der Waals surface area contributed by atoms with Crippen LogP contribution in [0.15, 0.2) is 84.4 Å². The van der Waals surface area contributed by atoms with Crippen LogP contribution in [-0.4, -0.2) is 21.8 Å². The van der Waals surface area contributed by atoms with Gasteiger partial charge in [-0.2, -0.15) is 0 Å². The summed E-state index contributed by atoms with van der Waals surface area (Å²) in [5, 5.41) is 13.2. The van der Waals surface area contributed by atoms with E-state index in [4.69, 9.17) is 0 Å². The molecule has 1 saturated heterocycles. The van der Waals surface area contributed by atoms with Gasteiger partial charge in [0.05, 0.1) is 21.8 Å². The molecule has 37 heavy (non-hydrogen) atoms. The minimum Gasteiger partial charge on any atom is -0.507 e. The van der Waals surface area contributed by atoms with Crippen molar-refractivity contribution in [3.05, 3.63) is 113 Å². The van der Waals surface area contributed by atoms with Crippen LogP contribution in [-0.2, 0) is 9.59 Å². The molecule has 1 aliphatic rings. The molecular formula is C29H18F2N2O3S. The maximum Gasteiger partial charge on any atom is 0.301 e. The molecule has 1 amide bonds. The number of rotatable bonds is 3. The lowest BCUT2D eigenvalue weighted by molar-refractivity contribution is -0.132. The summed E-state index contributed by atoms with van der Waals surface area (Å²) in [6.45, 7) is 1.88. The normalized spacial score (nSPS) is 17.3. The van der Waals surface area contributed by atoms with Crippen molar-refractivity contribution < 1.29 is 23.5 Å². The van der Waals surface area contributed by atoms with E-state index in [1.54, 1.807) is 24.3 Å². The fourth-order valence-corrected chi connectivity index (χ4v) is 5.78. The predicted molar refractivity (Wildman–Crippen MR) is 139 cm³/mol. The Hall–Kier alpha value is -4.43. The number of benzene rings is 4. The van der Waals surface area contributed by atoms with E-state index in [1.807, 2.05) is 49.4 Å². The van der Waals surface area contributed by atoms with Crippen LogP contribution in [0, 0.1) is 18.6 Å². The van der Waals surface area contributed by atoms with Crippen molar-refractivity contribution in [1.29, 1.82) is 0 Å². The summed E-state index contributed by atoms with van der Waals surface area (Å²) in [6, 6.07) is 21.0. The van der Waals surface area contributed by atoms with Crippen LogP contribution in [0.25, 0.3) is 26.7 Å². The number of aromatic nitrogens is 1. The molecule has 1 aromatic heterocycles. The largest absolute Gasteiger partial charge is 0.507 e. The van der Waals surface area contributed by atoms with Crippen molar-refractivity contribution in [3.8, 4) is 0 Å². The Balaban J connectivity index is 1.61. The summed E-state index contributed by atoms with van der Waals surface area (Å²) in [6.07, 6.45) is 0. The second kappa shape index (κ2) is 8.60. The Morgan fingerprint density at radius 2 is 1.68 bits per heavy atom. The number of amides is 1. The Morgan fingerprint density at radius 3 is 2.49 bits per heavy atom. The molecule has 1 aliphatic heterocycles. The first-order valence-corrected chi connectivity index (χ1v) is 12.3. The highest BCUT2D eigenvalue weighted by Crippen LogP contribution is 2.45. The molecule has 5 aromatic rings. The summed E-state index contributed by atoms with van der Waals surface area (Å²) in [5.41, 5.74) is 1.99. The number of nitrogens with zero attached hydrogens (tertiary/aromatic N) is 2. The Labute approximate surface area is 213 Å². The highest BCUT2D eigenvalue weighted by molar-refractivity contribution is 7.22. The smallest absolute Gasteiger partial charge is 0.301 e. The van der Waals surface area contributed by atoms with Gasteiger partial charge in [-0.25, -0.2) is 13.8 Å². The SMILES string of the molecule is Cc1cccc(C2/C(=C(\O)c3cccc4ccccc34)C(=O)C(=O)N2c2nc3cc(F)c(F)cc3s2)c1. The topological polar surface area (TPSA) is 70.5 Å². The Bertz CT molecular complexity index is 1750. The predicted octanol–water partition coefficient (Wildman–Crippen LogP) is 6.66. The third kappa shape index (κ3) is 3.68. The molecule has 8 heteroatoms. The number of Topliss-reactive ketones (excluding diaryl/α,β-unsaturated/α-hetero) is 1. The molecule has 4 aromatic carbocycles. The third-order valence-electron chi connectivity index (χ3n) is 6.47. The molecule has 1 atom stereocenters. The number of halogens is 2. The number of carbonyl (C=O) groups is 2. The van der Waals surface area contributed by atoms with Crippen LogP contribution in [0.1, 0.15) is 22.7 Å². The standard InChI is InChI=1S/C29H18F2N2O3S/c1-15-6-4-9-17(12-15)25-24(26(34)19-11-5-8-16-7-2-3-10-18(16)19)27(35)28(36)33(25)29-32-22-13-20(30)21(31)14-23(22)37-29/h2-14,25,34H,1H3/b26-24+. The van der Waals surface area contributed by atoms with Crippen LogP contribution < -0.4 is 4.90 Å². The van der Waals surface area contributed by atoms with Crippen molar-refractivity contribution in [2.75, 3.05) is 4.90 Å². The molecule has 1 fully saturated rings. The number of ketones is 1. The van der Waals surface area contributed by atoms with Crippen molar-refractivity contribution in [2.24, 2.45) is 0 Å². The van der Waals surface area contributed by atoms with Gasteiger partial charge in [0.15, 0.2) is 16.8 Å². The molecule has 0 aliphatic carbocycles. The van der Waals surface area contributed by atoms with Gasteiger partial charge < -0.3 is 5.11 Å². The average molecular weight is 513 g/mol. The van der Waals surface area contributed by atoms with Crippen LogP contribution in [0.3, 0.4) is 0 Å². The number of thiazole rings is 1. The van der Waals surface area contributed by atoms with E-state index in [2.05, 4.69) is 4.98 Å². The lowest BCUT2D eigenvalue weighted by Crippen LogP contribution is -2.29. The first-order chi connectivity index (χ1) is 17.8. The molecule has 5 nitrogen and oxygen atoms in total. The van der Waals surface area contributed by atoms with E-state index in [9.17, 15) is 23.5 Å². The van der Waals surface area contributed by atoms with Gasteiger partial charge in [0.2, 0.25) is 0 Å². The molecule has 182 valence electrons. The lowest BCUT2D eigenvalue weighted by Gasteiger charge is -2.23. The number of aliphatic hydroxyl groups excluding tert-OH is 1. The van der Waals surface area contributed by atoms with E-state index in [0.717, 1.165) is 39.8 Å². The van der Waals surface area contributed by atoms with Crippen LogP contribution in [0.4, 0.5) is 13.9 Å². The number of aliphatic hydroxyl groups is 1. The number of hydrogen-bond acceptors (Lipinski definition) is 5. The third-order valence-corrected chi connectivity index (χ3v) is 7.49. The van der Waals surface area contributed by atoms with E-state index in [1.165, 1.54) is 4.90 Å². The van der Waals surface area contributed by atoms with Gasteiger partial charge in [-0.15, -0.1) is 0 Å². The number of aryl methyl sites for hydroxylation is 1. The number of fused-ring (bicyclic) bond motifs is 2. The molecule has 6 rings (SSSR count). The van der Waals surface area contributed by atoms with Crippen molar-refractivity contribution in [2.45, 2.75) is 13.0 Å². The number of carbonyl (C=O) groups excluding carboxylic acids is 2. The zero-order chi connectivity index (χ0) is 25.8. The average Bonchev–Trinajstić information content (AvgIpc) is 3.41. The first kappa shape index (κ1) is 23.0. The van der Waals surface area contributed by atoms with Gasteiger partial charge in [0, 0.05) is 11.6 Å². The fraction of sp³-hybridized carbons (Fsp3) is 0.0690.